The number of carboxylic acids is 1. The number of aromatic amines is 1. The number of nitrogens with one attached hydrogen (secondary N) is 1. The summed E-state index contributed by atoms with van der Waals surface area (Å²) < 4.78 is 0. The van der Waals surface area contributed by atoms with E-state index in [9.17, 15) is 9.59 Å². The molecular formula is C10H14N4O3. The molecule has 0 aliphatic carbocycles. The van der Waals surface area contributed by atoms with Gasteiger partial charge in [0.1, 0.15) is 12.2 Å². The van der Waals surface area contributed by atoms with Crippen LogP contribution in [-0.4, -0.2) is 44.1 Å². The highest BCUT2D eigenvalue weighted by Crippen LogP contribution is 2.08. The van der Waals surface area contributed by atoms with E-state index in [1.807, 2.05) is 0 Å². The molecular weight excluding hydrogens is 224 g/mol. The first-order valence-corrected chi connectivity index (χ1v) is 4.94. The largest absolute Gasteiger partial charge is 0.478 e. The molecule has 0 aliphatic rings. The van der Waals surface area contributed by atoms with Crippen LogP contribution in [-0.2, 0) is 16.1 Å². The lowest BCUT2D eigenvalue weighted by Gasteiger charge is -2.16. The van der Waals surface area contributed by atoms with Gasteiger partial charge in [-0.25, -0.2) is 9.78 Å². The van der Waals surface area contributed by atoms with Gasteiger partial charge in [-0.15, -0.1) is 0 Å². The van der Waals surface area contributed by atoms with Crippen molar-refractivity contribution in [1.29, 1.82) is 0 Å². The number of nitrogens with zero attached hydrogens (tertiary/aromatic N) is 3. The van der Waals surface area contributed by atoms with Crippen LogP contribution in [0, 0.1) is 0 Å². The van der Waals surface area contributed by atoms with E-state index in [-0.39, 0.29) is 23.6 Å². The highest BCUT2D eigenvalue weighted by Gasteiger charge is 2.17. The Labute approximate surface area is 98.2 Å². The van der Waals surface area contributed by atoms with Gasteiger partial charge in [0.05, 0.1) is 6.54 Å². The van der Waals surface area contributed by atoms with Gasteiger partial charge >= 0.3 is 5.97 Å². The van der Waals surface area contributed by atoms with E-state index >= 15 is 0 Å². The minimum absolute atomic E-state index is 0.0411. The SMILES string of the molecule is CC(C(=O)O)=C(C)C(=O)N(C)Cc1ncn[nH]1. The average molecular weight is 238 g/mol. The summed E-state index contributed by atoms with van der Waals surface area (Å²) in [6.45, 7) is 3.14. The number of carbonyl (C=O) groups excluding carboxylic acids is 1. The number of rotatable bonds is 4. The molecule has 0 aliphatic heterocycles. The number of H-pyrrole nitrogens is 1. The van der Waals surface area contributed by atoms with E-state index < -0.39 is 5.97 Å². The molecule has 7 nitrogen and oxygen atoms in total. The zero-order valence-corrected chi connectivity index (χ0v) is 9.89. The Morgan fingerprint density at radius 1 is 1.41 bits per heavy atom. The standard InChI is InChI=1S/C10H14N4O3/c1-6(7(2)10(16)17)9(15)14(3)4-8-11-5-12-13-8/h5H,4H2,1-3H3,(H,16,17)(H,11,12,13). The molecule has 1 aromatic heterocycles. The lowest BCUT2D eigenvalue weighted by Crippen LogP contribution is -2.28. The Morgan fingerprint density at radius 3 is 2.53 bits per heavy atom. The first kappa shape index (κ1) is 12.9. The van der Waals surface area contributed by atoms with Crippen molar-refractivity contribution in [2.45, 2.75) is 20.4 Å². The number of likely N-dealkylation sites (N-methyl/N-ethyl adjacent to an activating group) is 1. The van der Waals surface area contributed by atoms with Crippen LogP contribution >= 0.6 is 0 Å². The van der Waals surface area contributed by atoms with Crippen LogP contribution in [0.5, 0.6) is 0 Å². The second-order valence-electron chi connectivity index (χ2n) is 3.65. The second kappa shape index (κ2) is 5.24. The van der Waals surface area contributed by atoms with Gasteiger partial charge in [-0.1, -0.05) is 0 Å². The van der Waals surface area contributed by atoms with Crippen molar-refractivity contribution in [3.05, 3.63) is 23.3 Å². The minimum Gasteiger partial charge on any atom is -0.478 e. The zero-order chi connectivity index (χ0) is 13.0. The number of aliphatic carboxylic acids is 1. The van der Waals surface area contributed by atoms with Crippen molar-refractivity contribution in [3.63, 3.8) is 0 Å². The molecule has 0 atom stereocenters. The zero-order valence-electron chi connectivity index (χ0n) is 9.89. The molecule has 0 radical (unpaired) electrons. The smallest absolute Gasteiger partial charge is 0.331 e. The number of carbonyl (C=O) groups is 2. The van der Waals surface area contributed by atoms with Crippen molar-refractivity contribution < 1.29 is 14.7 Å². The van der Waals surface area contributed by atoms with Gasteiger partial charge in [-0.05, 0) is 13.8 Å². The molecule has 1 heterocycles. The van der Waals surface area contributed by atoms with Crippen LogP contribution in [0.1, 0.15) is 19.7 Å². The fraction of sp³-hybridized carbons (Fsp3) is 0.400. The van der Waals surface area contributed by atoms with E-state index in [0.29, 0.717) is 5.82 Å². The summed E-state index contributed by atoms with van der Waals surface area (Å²) >= 11 is 0. The van der Waals surface area contributed by atoms with Crippen molar-refractivity contribution in [2.75, 3.05) is 7.05 Å². The molecule has 1 amide bonds. The molecule has 0 saturated heterocycles. The maximum absolute atomic E-state index is 11.9. The lowest BCUT2D eigenvalue weighted by atomic mass is 10.1. The topological polar surface area (TPSA) is 99.2 Å². The normalized spacial score (nSPS) is 11.9. The Kier molecular flexibility index (Phi) is 3.97. The molecule has 0 aromatic carbocycles. The Morgan fingerprint density at radius 2 is 2.06 bits per heavy atom. The second-order valence-corrected chi connectivity index (χ2v) is 3.65. The van der Waals surface area contributed by atoms with E-state index in [0.717, 1.165) is 0 Å². The Bertz CT molecular complexity index is 450. The molecule has 2 N–H and O–H groups in total. The maximum Gasteiger partial charge on any atom is 0.331 e. The van der Waals surface area contributed by atoms with E-state index in [1.54, 1.807) is 7.05 Å². The van der Waals surface area contributed by atoms with Crippen molar-refractivity contribution in [3.8, 4) is 0 Å². The molecule has 7 heteroatoms. The molecule has 0 fully saturated rings. The number of hydrogen-bond acceptors (Lipinski definition) is 4. The first-order chi connectivity index (χ1) is 7.93. The van der Waals surface area contributed by atoms with E-state index in [2.05, 4.69) is 15.2 Å². The van der Waals surface area contributed by atoms with Gasteiger partial charge in [0.15, 0.2) is 0 Å². The van der Waals surface area contributed by atoms with E-state index in [1.165, 1.54) is 25.1 Å². The number of aromatic nitrogens is 3. The minimum atomic E-state index is -1.09. The number of hydrogen-bond donors (Lipinski definition) is 2. The molecule has 92 valence electrons. The third-order valence-corrected chi connectivity index (χ3v) is 2.40. The summed E-state index contributed by atoms with van der Waals surface area (Å²) in [5.41, 5.74) is 0.249. The summed E-state index contributed by atoms with van der Waals surface area (Å²) in [7, 11) is 1.57. The van der Waals surface area contributed by atoms with Crippen LogP contribution in [0.2, 0.25) is 0 Å². The summed E-state index contributed by atoms with van der Waals surface area (Å²) in [6.07, 6.45) is 1.35. The number of amides is 1. The van der Waals surface area contributed by atoms with Crippen LogP contribution in [0.25, 0.3) is 0 Å². The van der Waals surface area contributed by atoms with Gasteiger partial charge in [-0.3, -0.25) is 9.89 Å². The van der Waals surface area contributed by atoms with Crippen molar-refractivity contribution in [2.24, 2.45) is 0 Å². The Hall–Kier alpha value is -2.18. The molecule has 0 spiro atoms. The highest BCUT2D eigenvalue weighted by molar-refractivity contribution is 6.01. The van der Waals surface area contributed by atoms with Crippen LogP contribution < -0.4 is 0 Å². The molecule has 0 saturated carbocycles. The fourth-order valence-corrected chi connectivity index (χ4v) is 1.21. The first-order valence-electron chi connectivity index (χ1n) is 4.94. The molecule has 0 bridgehead atoms. The molecule has 1 rings (SSSR count). The predicted octanol–water partition coefficient (Wildman–Crippen LogP) is 0.184. The summed E-state index contributed by atoms with van der Waals surface area (Å²) in [5.74, 6) is -0.896. The lowest BCUT2D eigenvalue weighted by molar-refractivity contribution is -0.133. The van der Waals surface area contributed by atoms with Gasteiger partial charge < -0.3 is 10.0 Å². The fourth-order valence-electron chi connectivity index (χ4n) is 1.21. The van der Waals surface area contributed by atoms with Crippen LogP contribution in [0.15, 0.2) is 17.5 Å². The van der Waals surface area contributed by atoms with Gasteiger partial charge in [0.25, 0.3) is 0 Å². The monoisotopic (exact) mass is 238 g/mol. The third kappa shape index (κ3) is 3.13. The molecule has 1 aromatic rings. The molecule has 0 unspecified atom stereocenters. The molecule has 17 heavy (non-hydrogen) atoms. The van der Waals surface area contributed by atoms with Crippen LogP contribution in [0.4, 0.5) is 0 Å². The van der Waals surface area contributed by atoms with Crippen LogP contribution in [0.3, 0.4) is 0 Å². The summed E-state index contributed by atoms with van der Waals surface area (Å²) in [4.78, 5) is 27.8. The van der Waals surface area contributed by atoms with Gasteiger partial charge in [0, 0.05) is 18.2 Å². The Balaban J connectivity index is 2.77. The highest BCUT2D eigenvalue weighted by atomic mass is 16.4. The summed E-state index contributed by atoms with van der Waals surface area (Å²) in [5, 5.41) is 15.1. The predicted molar refractivity (Wildman–Crippen MR) is 58.9 cm³/mol. The third-order valence-electron chi connectivity index (χ3n) is 2.40. The van der Waals surface area contributed by atoms with Crippen molar-refractivity contribution >= 4 is 11.9 Å². The van der Waals surface area contributed by atoms with Gasteiger partial charge in [0.2, 0.25) is 5.91 Å². The quantitative estimate of drug-likeness (QED) is 0.729. The number of carboxylic acid groups (broad SMARTS) is 1. The summed E-state index contributed by atoms with van der Waals surface area (Å²) in [6, 6.07) is 0. The van der Waals surface area contributed by atoms with Gasteiger partial charge in [-0.2, -0.15) is 5.10 Å². The average Bonchev–Trinajstić information content (AvgIpc) is 2.78. The van der Waals surface area contributed by atoms with Crippen molar-refractivity contribution in [1.82, 2.24) is 20.1 Å². The van der Waals surface area contributed by atoms with E-state index in [4.69, 9.17) is 5.11 Å². The maximum atomic E-state index is 11.9.